The van der Waals surface area contributed by atoms with E-state index in [1.165, 1.54) is 11.1 Å². The average Bonchev–Trinajstić information content (AvgIpc) is 2.73. The second-order valence-electron chi connectivity index (χ2n) is 4.52. The zero-order valence-electron chi connectivity index (χ0n) is 10.7. The molecule has 1 amide bonds. The molecule has 0 heterocycles. The van der Waals surface area contributed by atoms with Crippen LogP contribution in [0.25, 0.3) is 0 Å². The van der Waals surface area contributed by atoms with Gasteiger partial charge >= 0.3 is 0 Å². The molecule has 1 aromatic rings. The summed E-state index contributed by atoms with van der Waals surface area (Å²) in [5.41, 5.74) is 8.41. The van der Waals surface area contributed by atoms with Crippen molar-refractivity contribution in [2.24, 2.45) is 5.73 Å². The zero-order chi connectivity index (χ0) is 13.0. The molecule has 1 atom stereocenters. The number of rotatable bonds is 5. The van der Waals surface area contributed by atoms with Crippen molar-refractivity contribution in [3.8, 4) is 5.75 Å². The van der Waals surface area contributed by atoms with Crippen molar-refractivity contribution in [1.29, 1.82) is 0 Å². The zero-order valence-corrected chi connectivity index (χ0v) is 10.7. The van der Waals surface area contributed by atoms with Gasteiger partial charge in [0.1, 0.15) is 5.75 Å². The average molecular weight is 248 g/mol. The minimum atomic E-state index is 0.0294. The lowest BCUT2D eigenvalue weighted by molar-refractivity contribution is -0.121. The molecular formula is C14H20N2O2. The molecule has 1 unspecified atom stereocenters. The van der Waals surface area contributed by atoms with Gasteiger partial charge in [-0.1, -0.05) is 12.1 Å². The van der Waals surface area contributed by atoms with E-state index in [0.717, 1.165) is 18.6 Å². The number of carbonyl (C=O) groups excluding carboxylic acids is 1. The van der Waals surface area contributed by atoms with Crippen molar-refractivity contribution in [1.82, 2.24) is 5.32 Å². The molecule has 0 saturated heterocycles. The van der Waals surface area contributed by atoms with E-state index in [2.05, 4.69) is 11.4 Å². The van der Waals surface area contributed by atoms with Gasteiger partial charge in [0.15, 0.2) is 0 Å². The highest BCUT2D eigenvalue weighted by Crippen LogP contribution is 2.35. The van der Waals surface area contributed by atoms with Crippen LogP contribution < -0.4 is 15.8 Å². The number of benzene rings is 1. The Kier molecular flexibility index (Phi) is 4.20. The third-order valence-corrected chi connectivity index (χ3v) is 3.23. The first-order valence-electron chi connectivity index (χ1n) is 6.49. The van der Waals surface area contributed by atoms with E-state index in [1.54, 1.807) is 0 Å². The topological polar surface area (TPSA) is 64.3 Å². The Balaban J connectivity index is 1.93. The summed E-state index contributed by atoms with van der Waals surface area (Å²) in [7, 11) is 0. The molecule has 1 aliphatic carbocycles. The highest BCUT2D eigenvalue weighted by atomic mass is 16.5. The Morgan fingerprint density at radius 3 is 3.17 bits per heavy atom. The van der Waals surface area contributed by atoms with Crippen LogP contribution in [0.3, 0.4) is 0 Å². The summed E-state index contributed by atoms with van der Waals surface area (Å²) in [4.78, 5) is 11.3. The second kappa shape index (κ2) is 5.87. The first-order chi connectivity index (χ1) is 8.72. The molecule has 0 saturated carbocycles. The monoisotopic (exact) mass is 248 g/mol. The van der Waals surface area contributed by atoms with Crippen molar-refractivity contribution in [3.05, 3.63) is 29.3 Å². The standard InChI is InChI=1S/C14H20N2O2/c1-2-16-14(17)8-9-18-13-5-3-4-10-11(13)6-7-12(10)15/h3-5,12H,2,6-9,15H2,1H3,(H,16,17). The van der Waals surface area contributed by atoms with E-state index in [-0.39, 0.29) is 11.9 Å². The molecule has 2 rings (SSSR count). The van der Waals surface area contributed by atoms with Crippen molar-refractivity contribution < 1.29 is 9.53 Å². The molecule has 1 aliphatic rings. The van der Waals surface area contributed by atoms with Crippen LogP contribution in [0.15, 0.2) is 18.2 Å². The Labute approximate surface area is 108 Å². The molecule has 18 heavy (non-hydrogen) atoms. The van der Waals surface area contributed by atoms with E-state index < -0.39 is 0 Å². The molecule has 1 aromatic carbocycles. The van der Waals surface area contributed by atoms with Crippen molar-refractivity contribution in [3.63, 3.8) is 0 Å². The number of amides is 1. The van der Waals surface area contributed by atoms with Crippen molar-refractivity contribution in [2.75, 3.05) is 13.2 Å². The highest BCUT2D eigenvalue weighted by Gasteiger charge is 2.21. The number of ether oxygens (including phenoxy) is 1. The quantitative estimate of drug-likeness (QED) is 0.830. The van der Waals surface area contributed by atoms with E-state index in [1.807, 2.05) is 19.1 Å². The summed E-state index contributed by atoms with van der Waals surface area (Å²) < 4.78 is 5.70. The Hall–Kier alpha value is -1.55. The van der Waals surface area contributed by atoms with Crippen LogP contribution in [-0.4, -0.2) is 19.1 Å². The third-order valence-electron chi connectivity index (χ3n) is 3.23. The fraction of sp³-hybridized carbons (Fsp3) is 0.500. The van der Waals surface area contributed by atoms with E-state index in [0.29, 0.717) is 19.6 Å². The number of nitrogens with two attached hydrogens (primary N) is 1. The van der Waals surface area contributed by atoms with Crippen LogP contribution in [0.5, 0.6) is 5.75 Å². The van der Waals surface area contributed by atoms with E-state index in [4.69, 9.17) is 10.5 Å². The summed E-state index contributed by atoms with van der Waals surface area (Å²) in [6.45, 7) is 2.98. The van der Waals surface area contributed by atoms with Crippen LogP contribution >= 0.6 is 0 Å². The van der Waals surface area contributed by atoms with Gasteiger partial charge in [-0.15, -0.1) is 0 Å². The van der Waals surface area contributed by atoms with Gasteiger partial charge < -0.3 is 15.8 Å². The van der Waals surface area contributed by atoms with Gasteiger partial charge in [-0.25, -0.2) is 0 Å². The van der Waals surface area contributed by atoms with Gasteiger partial charge in [-0.05, 0) is 37.0 Å². The highest BCUT2D eigenvalue weighted by molar-refractivity contribution is 5.75. The van der Waals surface area contributed by atoms with Crippen molar-refractivity contribution in [2.45, 2.75) is 32.2 Å². The van der Waals surface area contributed by atoms with Gasteiger partial charge in [0.05, 0.1) is 13.0 Å². The molecule has 98 valence electrons. The predicted octanol–water partition coefficient (Wildman–Crippen LogP) is 1.54. The molecule has 0 aromatic heterocycles. The molecule has 0 aliphatic heterocycles. The van der Waals surface area contributed by atoms with Gasteiger partial charge in [-0.3, -0.25) is 4.79 Å². The first-order valence-corrected chi connectivity index (χ1v) is 6.49. The maximum absolute atomic E-state index is 11.3. The Morgan fingerprint density at radius 2 is 2.39 bits per heavy atom. The first kappa shape index (κ1) is 12.9. The van der Waals surface area contributed by atoms with Gasteiger partial charge in [0, 0.05) is 12.6 Å². The summed E-state index contributed by atoms with van der Waals surface area (Å²) in [5.74, 6) is 0.909. The van der Waals surface area contributed by atoms with Gasteiger partial charge in [-0.2, -0.15) is 0 Å². The van der Waals surface area contributed by atoms with Crippen molar-refractivity contribution >= 4 is 5.91 Å². The Morgan fingerprint density at radius 1 is 1.56 bits per heavy atom. The molecule has 0 fully saturated rings. The molecule has 4 nitrogen and oxygen atoms in total. The molecule has 0 radical (unpaired) electrons. The number of fused-ring (bicyclic) bond motifs is 1. The van der Waals surface area contributed by atoms with Crippen LogP contribution in [0.4, 0.5) is 0 Å². The third kappa shape index (κ3) is 2.82. The summed E-state index contributed by atoms with van der Waals surface area (Å²) in [6.07, 6.45) is 2.34. The molecular weight excluding hydrogens is 228 g/mol. The maximum atomic E-state index is 11.3. The fourth-order valence-electron chi connectivity index (χ4n) is 2.33. The summed E-state index contributed by atoms with van der Waals surface area (Å²) >= 11 is 0. The number of hydrogen-bond acceptors (Lipinski definition) is 3. The summed E-state index contributed by atoms with van der Waals surface area (Å²) in [5, 5.41) is 2.75. The van der Waals surface area contributed by atoms with E-state index in [9.17, 15) is 4.79 Å². The summed E-state index contributed by atoms with van der Waals surface area (Å²) in [6, 6.07) is 6.11. The number of hydrogen-bond donors (Lipinski definition) is 2. The molecule has 4 heteroatoms. The number of carbonyl (C=O) groups is 1. The normalized spacial score (nSPS) is 17.3. The second-order valence-corrected chi connectivity index (χ2v) is 4.52. The van der Waals surface area contributed by atoms with Gasteiger partial charge in [0.25, 0.3) is 0 Å². The van der Waals surface area contributed by atoms with Crippen LogP contribution in [-0.2, 0) is 11.2 Å². The molecule has 0 spiro atoms. The minimum absolute atomic E-state index is 0.0294. The van der Waals surface area contributed by atoms with Crippen LogP contribution in [0.1, 0.15) is 36.9 Å². The SMILES string of the molecule is CCNC(=O)CCOc1cccc2c1CCC2N. The largest absolute Gasteiger partial charge is 0.493 e. The van der Waals surface area contributed by atoms with Crippen LogP contribution in [0.2, 0.25) is 0 Å². The number of nitrogens with one attached hydrogen (secondary N) is 1. The maximum Gasteiger partial charge on any atom is 0.223 e. The predicted molar refractivity (Wildman–Crippen MR) is 70.5 cm³/mol. The lowest BCUT2D eigenvalue weighted by Crippen LogP contribution is -2.24. The Bertz CT molecular complexity index is 432. The lowest BCUT2D eigenvalue weighted by atomic mass is 10.1. The minimum Gasteiger partial charge on any atom is -0.493 e. The fourth-order valence-corrected chi connectivity index (χ4v) is 2.33. The van der Waals surface area contributed by atoms with E-state index >= 15 is 0 Å². The molecule has 0 bridgehead atoms. The smallest absolute Gasteiger partial charge is 0.223 e. The van der Waals surface area contributed by atoms with Crippen LogP contribution in [0, 0.1) is 0 Å². The van der Waals surface area contributed by atoms with Gasteiger partial charge in [0.2, 0.25) is 5.91 Å². The molecule has 3 N–H and O–H groups in total. The lowest BCUT2D eigenvalue weighted by Gasteiger charge is -2.11.